The molecule has 1 aliphatic carbocycles. The minimum absolute atomic E-state index is 0.0383. The number of unbranched alkanes of at least 4 members (excludes halogenated alkanes) is 5. The summed E-state index contributed by atoms with van der Waals surface area (Å²) in [6.07, 6.45) is 12.4. The van der Waals surface area contributed by atoms with Gasteiger partial charge in [0.1, 0.15) is 6.10 Å². The van der Waals surface area contributed by atoms with Crippen LogP contribution in [0.25, 0.3) is 0 Å². The molecule has 0 heterocycles. The first-order chi connectivity index (χ1) is 12.8. The Bertz CT molecular complexity index is 430. The maximum atomic E-state index is 12.5. The molecule has 3 unspecified atom stereocenters. The average molecular weight is 383 g/mol. The van der Waals surface area contributed by atoms with Crippen LogP contribution in [-0.4, -0.2) is 23.1 Å². The summed E-state index contributed by atoms with van der Waals surface area (Å²) in [6, 6.07) is 0. The summed E-state index contributed by atoms with van der Waals surface area (Å²) in [6.45, 7) is 8.76. The Kier molecular flexibility index (Phi) is 11.7. The van der Waals surface area contributed by atoms with Gasteiger partial charge in [-0.1, -0.05) is 72.6 Å². The predicted molar refractivity (Wildman–Crippen MR) is 110 cm³/mol. The number of carbonyl (C=O) groups is 2. The van der Waals surface area contributed by atoms with E-state index >= 15 is 0 Å². The number of hydrogen-bond donors (Lipinski definition) is 1. The molecular formula is C23H42O4. The van der Waals surface area contributed by atoms with Crippen LogP contribution in [0.15, 0.2) is 0 Å². The van der Waals surface area contributed by atoms with Crippen LogP contribution in [0, 0.1) is 23.7 Å². The van der Waals surface area contributed by atoms with Crippen LogP contribution in [0.3, 0.4) is 0 Å². The topological polar surface area (TPSA) is 63.6 Å². The molecule has 1 fully saturated rings. The molecule has 0 bridgehead atoms. The number of aliphatic carboxylic acids is 1. The number of hydrogen-bond acceptors (Lipinski definition) is 3. The lowest BCUT2D eigenvalue weighted by molar-refractivity contribution is -0.159. The quantitative estimate of drug-likeness (QED) is 0.303. The van der Waals surface area contributed by atoms with Gasteiger partial charge in [-0.2, -0.15) is 0 Å². The van der Waals surface area contributed by atoms with Crippen LogP contribution in [-0.2, 0) is 14.3 Å². The van der Waals surface area contributed by atoms with Crippen molar-refractivity contribution in [3.63, 3.8) is 0 Å². The number of carboxylic acids is 1. The SMILES string of the molecule is CC(C)CCCCCCCCC(OC(=O)C1CCCC(C(=O)O)C1)C(C)C. The van der Waals surface area contributed by atoms with Crippen molar-refractivity contribution in [2.45, 2.75) is 111 Å². The minimum Gasteiger partial charge on any atom is -0.481 e. The third kappa shape index (κ3) is 10.2. The smallest absolute Gasteiger partial charge is 0.309 e. The first-order valence-electron chi connectivity index (χ1n) is 11.2. The molecule has 3 atom stereocenters. The maximum absolute atomic E-state index is 12.5. The Hall–Kier alpha value is -1.06. The van der Waals surface area contributed by atoms with Gasteiger partial charge in [0.05, 0.1) is 11.8 Å². The van der Waals surface area contributed by atoms with Crippen LogP contribution < -0.4 is 0 Å². The van der Waals surface area contributed by atoms with Gasteiger partial charge in [0.15, 0.2) is 0 Å². The largest absolute Gasteiger partial charge is 0.481 e. The normalized spacial score (nSPS) is 21.4. The zero-order valence-electron chi connectivity index (χ0n) is 18.0. The number of carboxylic acid groups (broad SMARTS) is 1. The van der Waals surface area contributed by atoms with Crippen LogP contribution in [0.4, 0.5) is 0 Å². The van der Waals surface area contributed by atoms with Gasteiger partial charge in [-0.25, -0.2) is 0 Å². The number of esters is 1. The van der Waals surface area contributed by atoms with Crippen LogP contribution in [0.2, 0.25) is 0 Å². The molecule has 0 radical (unpaired) electrons. The van der Waals surface area contributed by atoms with E-state index in [2.05, 4.69) is 27.7 Å². The fraction of sp³-hybridized carbons (Fsp3) is 0.913. The molecule has 0 aliphatic heterocycles. The third-order valence-corrected chi connectivity index (χ3v) is 5.89. The van der Waals surface area contributed by atoms with E-state index in [0.717, 1.165) is 31.6 Å². The Balaban J connectivity index is 2.26. The van der Waals surface area contributed by atoms with Crippen LogP contribution in [0.5, 0.6) is 0 Å². The first-order valence-corrected chi connectivity index (χ1v) is 11.2. The van der Waals surface area contributed by atoms with E-state index in [1.807, 2.05) is 0 Å². The lowest BCUT2D eigenvalue weighted by Gasteiger charge is -2.28. The van der Waals surface area contributed by atoms with Gasteiger partial charge in [0, 0.05) is 0 Å². The molecule has 0 amide bonds. The summed E-state index contributed by atoms with van der Waals surface area (Å²) < 4.78 is 5.82. The summed E-state index contributed by atoms with van der Waals surface area (Å²) in [4.78, 5) is 23.7. The Morgan fingerprint density at radius 2 is 1.44 bits per heavy atom. The lowest BCUT2D eigenvalue weighted by atomic mass is 9.81. The van der Waals surface area contributed by atoms with E-state index in [9.17, 15) is 14.7 Å². The summed E-state index contributed by atoms with van der Waals surface area (Å²) in [5.41, 5.74) is 0. The average Bonchev–Trinajstić information content (AvgIpc) is 2.62. The summed E-state index contributed by atoms with van der Waals surface area (Å²) in [7, 11) is 0. The van der Waals surface area contributed by atoms with Crippen molar-refractivity contribution in [1.29, 1.82) is 0 Å². The molecule has 1 aliphatic rings. The first kappa shape index (κ1) is 24.0. The van der Waals surface area contributed by atoms with Gasteiger partial charge < -0.3 is 9.84 Å². The molecule has 1 rings (SSSR count). The minimum atomic E-state index is -0.777. The standard InChI is InChI=1S/C23H42O4/c1-17(2)12-9-7-5-6-8-10-15-21(18(3)4)27-23(26)20-14-11-13-19(16-20)22(24)25/h17-21H,5-16H2,1-4H3,(H,24,25). The molecule has 0 aromatic rings. The van der Waals surface area contributed by atoms with E-state index in [-0.39, 0.29) is 23.9 Å². The van der Waals surface area contributed by atoms with Gasteiger partial charge in [0.25, 0.3) is 0 Å². The molecule has 1 saturated carbocycles. The molecule has 1 N–H and O–H groups in total. The van der Waals surface area contributed by atoms with E-state index in [1.54, 1.807) is 0 Å². The molecule has 0 saturated heterocycles. The van der Waals surface area contributed by atoms with Gasteiger partial charge in [0.2, 0.25) is 0 Å². The van der Waals surface area contributed by atoms with Crippen LogP contribution >= 0.6 is 0 Å². The second-order valence-electron chi connectivity index (χ2n) is 9.21. The summed E-state index contributed by atoms with van der Waals surface area (Å²) >= 11 is 0. The summed E-state index contributed by atoms with van der Waals surface area (Å²) in [5, 5.41) is 9.20. The fourth-order valence-electron chi connectivity index (χ4n) is 4.01. The van der Waals surface area contributed by atoms with Gasteiger partial charge in [-0.3, -0.25) is 9.59 Å². The van der Waals surface area contributed by atoms with Crippen molar-refractivity contribution in [2.75, 3.05) is 0 Å². The van der Waals surface area contributed by atoms with Crippen molar-refractivity contribution in [1.82, 2.24) is 0 Å². The highest BCUT2D eigenvalue weighted by Gasteiger charge is 2.33. The van der Waals surface area contributed by atoms with Crippen molar-refractivity contribution in [2.24, 2.45) is 23.7 Å². The maximum Gasteiger partial charge on any atom is 0.309 e. The molecule has 158 valence electrons. The Morgan fingerprint density at radius 1 is 0.889 bits per heavy atom. The van der Waals surface area contributed by atoms with E-state index in [0.29, 0.717) is 18.8 Å². The van der Waals surface area contributed by atoms with Crippen molar-refractivity contribution < 1.29 is 19.4 Å². The molecule has 0 aromatic heterocycles. The van der Waals surface area contributed by atoms with Crippen molar-refractivity contribution in [3.05, 3.63) is 0 Å². The molecular weight excluding hydrogens is 340 g/mol. The number of ether oxygens (including phenoxy) is 1. The van der Waals surface area contributed by atoms with E-state index in [4.69, 9.17) is 4.74 Å². The number of carbonyl (C=O) groups excluding carboxylic acids is 1. The van der Waals surface area contributed by atoms with Gasteiger partial charge in [-0.15, -0.1) is 0 Å². The monoisotopic (exact) mass is 382 g/mol. The summed E-state index contributed by atoms with van der Waals surface area (Å²) in [5.74, 6) is -0.457. The Morgan fingerprint density at radius 3 is 2.00 bits per heavy atom. The second-order valence-corrected chi connectivity index (χ2v) is 9.21. The Labute approximate surface area is 166 Å². The van der Waals surface area contributed by atoms with E-state index in [1.165, 1.54) is 38.5 Å². The molecule has 27 heavy (non-hydrogen) atoms. The highest BCUT2D eigenvalue weighted by molar-refractivity contribution is 5.75. The van der Waals surface area contributed by atoms with Gasteiger partial charge >= 0.3 is 11.9 Å². The molecule has 4 nitrogen and oxygen atoms in total. The van der Waals surface area contributed by atoms with Gasteiger partial charge in [-0.05, 0) is 43.9 Å². The zero-order chi connectivity index (χ0) is 20.2. The molecule has 4 heteroatoms. The highest BCUT2D eigenvalue weighted by Crippen LogP contribution is 2.31. The van der Waals surface area contributed by atoms with Crippen molar-refractivity contribution >= 4 is 11.9 Å². The highest BCUT2D eigenvalue weighted by atomic mass is 16.5. The van der Waals surface area contributed by atoms with E-state index < -0.39 is 5.97 Å². The number of rotatable bonds is 13. The lowest BCUT2D eigenvalue weighted by Crippen LogP contribution is -2.32. The molecule has 0 aromatic carbocycles. The predicted octanol–water partition coefficient (Wildman–Crippen LogP) is 6.22. The molecule has 0 spiro atoms. The third-order valence-electron chi connectivity index (χ3n) is 5.89. The second kappa shape index (κ2) is 13.2. The zero-order valence-corrected chi connectivity index (χ0v) is 18.0. The van der Waals surface area contributed by atoms with Crippen LogP contribution in [0.1, 0.15) is 105 Å². The van der Waals surface area contributed by atoms with Crippen molar-refractivity contribution in [3.8, 4) is 0 Å². The fourth-order valence-corrected chi connectivity index (χ4v) is 4.01.